The van der Waals surface area contributed by atoms with Gasteiger partial charge in [-0.3, -0.25) is 4.79 Å². The van der Waals surface area contributed by atoms with Gasteiger partial charge in [-0.2, -0.15) is 0 Å². The molecule has 2 heterocycles. The minimum Gasteiger partial charge on any atom is -0.369 e. The fourth-order valence-corrected chi connectivity index (χ4v) is 2.52. The first-order chi connectivity index (χ1) is 10.6. The fourth-order valence-electron chi connectivity index (χ4n) is 2.52. The molecular weight excluding hydrogens is 278 g/mol. The lowest BCUT2D eigenvalue weighted by atomic mass is 9.99. The Labute approximate surface area is 132 Å². The Morgan fingerprint density at radius 2 is 2.05 bits per heavy atom. The number of hydrogen-bond donors (Lipinski definition) is 1. The summed E-state index contributed by atoms with van der Waals surface area (Å²) in [4.78, 5) is 24.9. The van der Waals surface area contributed by atoms with E-state index in [0.717, 1.165) is 51.3 Å². The van der Waals surface area contributed by atoms with Gasteiger partial charge in [-0.15, -0.1) is 0 Å². The molecule has 0 aliphatic carbocycles. The zero-order valence-corrected chi connectivity index (χ0v) is 13.9. The molecule has 1 fully saturated rings. The molecule has 1 aliphatic rings. The van der Waals surface area contributed by atoms with Gasteiger partial charge in [0.25, 0.3) is 5.91 Å². The van der Waals surface area contributed by atoms with Gasteiger partial charge in [0.1, 0.15) is 11.5 Å². The summed E-state index contributed by atoms with van der Waals surface area (Å²) < 4.78 is 0. The van der Waals surface area contributed by atoms with Crippen LogP contribution >= 0.6 is 0 Å². The highest BCUT2D eigenvalue weighted by Gasteiger charge is 2.22. The van der Waals surface area contributed by atoms with Crippen LogP contribution in [-0.4, -0.2) is 65.9 Å². The average molecular weight is 305 g/mol. The number of likely N-dealkylation sites (tertiary alicyclic amines) is 1. The van der Waals surface area contributed by atoms with E-state index in [1.807, 2.05) is 4.90 Å². The van der Waals surface area contributed by atoms with Gasteiger partial charge in [0, 0.05) is 19.6 Å². The molecule has 0 saturated carbocycles. The summed E-state index contributed by atoms with van der Waals surface area (Å²) in [6, 6.07) is 0. The molecule has 1 saturated heterocycles. The number of amides is 1. The summed E-state index contributed by atoms with van der Waals surface area (Å²) in [5, 5.41) is 3.23. The van der Waals surface area contributed by atoms with Crippen LogP contribution in [0.3, 0.4) is 0 Å². The van der Waals surface area contributed by atoms with E-state index in [4.69, 9.17) is 0 Å². The van der Waals surface area contributed by atoms with Gasteiger partial charge in [0.15, 0.2) is 0 Å². The van der Waals surface area contributed by atoms with Crippen LogP contribution in [-0.2, 0) is 0 Å². The van der Waals surface area contributed by atoms with Crippen LogP contribution in [0.1, 0.15) is 36.7 Å². The Balaban J connectivity index is 1.82. The zero-order chi connectivity index (χ0) is 15.9. The van der Waals surface area contributed by atoms with Crippen molar-refractivity contribution < 1.29 is 4.79 Å². The van der Waals surface area contributed by atoms with Crippen LogP contribution in [0, 0.1) is 5.92 Å². The lowest BCUT2D eigenvalue weighted by Crippen LogP contribution is -2.38. The highest BCUT2D eigenvalue weighted by atomic mass is 16.2. The Morgan fingerprint density at radius 3 is 2.64 bits per heavy atom. The second-order valence-electron chi connectivity index (χ2n) is 6.35. The van der Waals surface area contributed by atoms with E-state index in [0.29, 0.717) is 11.6 Å². The highest BCUT2D eigenvalue weighted by Crippen LogP contribution is 2.17. The third-order valence-corrected chi connectivity index (χ3v) is 4.03. The van der Waals surface area contributed by atoms with Crippen molar-refractivity contribution in [3.05, 3.63) is 18.1 Å². The fraction of sp³-hybridized carbons (Fsp3) is 0.688. The van der Waals surface area contributed by atoms with E-state index >= 15 is 0 Å². The third kappa shape index (κ3) is 4.94. The van der Waals surface area contributed by atoms with Gasteiger partial charge < -0.3 is 15.1 Å². The summed E-state index contributed by atoms with van der Waals surface area (Å²) in [7, 11) is 4.11. The first-order valence-corrected chi connectivity index (χ1v) is 8.06. The Kier molecular flexibility index (Phi) is 6.12. The molecule has 0 aromatic carbocycles. The summed E-state index contributed by atoms with van der Waals surface area (Å²) >= 11 is 0. The molecule has 0 radical (unpaired) electrons. The minimum absolute atomic E-state index is 0.00134. The smallest absolute Gasteiger partial charge is 0.274 e. The quantitative estimate of drug-likeness (QED) is 0.811. The molecule has 0 atom stereocenters. The van der Waals surface area contributed by atoms with Crippen LogP contribution in [0.25, 0.3) is 0 Å². The number of nitrogens with one attached hydrogen (secondary N) is 1. The van der Waals surface area contributed by atoms with Crippen molar-refractivity contribution in [3.63, 3.8) is 0 Å². The van der Waals surface area contributed by atoms with Crippen LogP contribution in [0.15, 0.2) is 12.4 Å². The molecule has 122 valence electrons. The molecule has 6 heteroatoms. The third-order valence-electron chi connectivity index (χ3n) is 4.03. The summed E-state index contributed by atoms with van der Waals surface area (Å²) in [5.74, 6) is 1.44. The van der Waals surface area contributed by atoms with Crippen LogP contribution in [0.2, 0.25) is 0 Å². The SMILES string of the molecule is CC1CCN(C(=O)c2cnc(NCCCN(C)C)cn2)CC1. The summed E-state index contributed by atoms with van der Waals surface area (Å²) in [6.45, 7) is 5.77. The van der Waals surface area contributed by atoms with Gasteiger partial charge in [-0.05, 0) is 45.8 Å². The molecule has 1 N–H and O–H groups in total. The first kappa shape index (κ1) is 16.7. The number of piperidine rings is 1. The van der Waals surface area contributed by atoms with Gasteiger partial charge in [-0.25, -0.2) is 9.97 Å². The van der Waals surface area contributed by atoms with Crippen molar-refractivity contribution in [1.82, 2.24) is 19.8 Å². The molecule has 1 amide bonds. The molecule has 1 aromatic rings. The second-order valence-corrected chi connectivity index (χ2v) is 6.35. The molecule has 1 aliphatic heterocycles. The van der Waals surface area contributed by atoms with Crippen molar-refractivity contribution >= 4 is 11.7 Å². The van der Waals surface area contributed by atoms with Gasteiger partial charge >= 0.3 is 0 Å². The predicted molar refractivity (Wildman–Crippen MR) is 88.0 cm³/mol. The van der Waals surface area contributed by atoms with Crippen LogP contribution in [0.5, 0.6) is 0 Å². The molecular formula is C16H27N5O. The number of carbonyl (C=O) groups excluding carboxylic acids is 1. The molecule has 1 aromatic heterocycles. The maximum atomic E-state index is 12.4. The van der Waals surface area contributed by atoms with Gasteiger partial charge in [0.05, 0.1) is 12.4 Å². The number of anilines is 1. The van der Waals surface area contributed by atoms with E-state index in [-0.39, 0.29) is 5.91 Å². The lowest BCUT2D eigenvalue weighted by molar-refractivity contribution is 0.0691. The van der Waals surface area contributed by atoms with Crippen LogP contribution in [0.4, 0.5) is 5.82 Å². The topological polar surface area (TPSA) is 61.4 Å². The number of hydrogen-bond acceptors (Lipinski definition) is 5. The van der Waals surface area contributed by atoms with Crippen LogP contribution < -0.4 is 5.32 Å². The number of carbonyl (C=O) groups is 1. The van der Waals surface area contributed by atoms with Crippen molar-refractivity contribution in [2.24, 2.45) is 5.92 Å². The number of rotatable bonds is 6. The molecule has 2 rings (SSSR count). The maximum Gasteiger partial charge on any atom is 0.274 e. The van der Waals surface area contributed by atoms with E-state index in [2.05, 4.69) is 41.2 Å². The molecule has 0 spiro atoms. The number of nitrogens with zero attached hydrogens (tertiary/aromatic N) is 4. The molecule has 0 bridgehead atoms. The molecule has 6 nitrogen and oxygen atoms in total. The Morgan fingerprint density at radius 1 is 1.32 bits per heavy atom. The largest absolute Gasteiger partial charge is 0.369 e. The predicted octanol–water partition coefficient (Wildman–Crippen LogP) is 1.71. The van der Waals surface area contributed by atoms with E-state index in [1.54, 1.807) is 12.4 Å². The van der Waals surface area contributed by atoms with E-state index in [9.17, 15) is 4.79 Å². The monoisotopic (exact) mass is 305 g/mol. The van der Waals surface area contributed by atoms with Crippen molar-refractivity contribution in [1.29, 1.82) is 0 Å². The summed E-state index contributed by atoms with van der Waals surface area (Å²) in [6.07, 6.45) is 6.42. The zero-order valence-electron chi connectivity index (χ0n) is 13.9. The number of aromatic nitrogens is 2. The lowest BCUT2D eigenvalue weighted by Gasteiger charge is -2.29. The van der Waals surface area contributed by atoms with E-state index in [1.165, 1.54) is 0 Å². The van der Waals surface area contributed by atoms with Gasteiger partial charge in [-0.1, -0.05) is 6.92 Å². The van der Waals surface area contributed by atoms with E-state index < -0.39 is 0 Å². The first-order valence-electron chi connectivity index (χ1n) is 8.06. The van der Waals surface area contributed by atoms with Crippen molar-refractivity contribution in [2.75, 3.05) is 45.6 Å². The van der Waals surface area contributed by atoms with Crippen molar-refractivity contribution in [2.45, 2.75) is 26.2 Å². The summed E-state index contributed by atoms with van der Waals surface area (Å²) in [5.41, 5.74) is 0.438. The minimum atomic E-state index is -0.00134. The standard InChI is InChI=1S/C16H27N5O/c1-13-5-9-21(10-6-13)16(22)14-11-19-15(12-18-14)17-7-4-8-20(2)3/h11-13H,4-10H2,1-3H3,(H,17,19). The maximum absolute atomic E-state index is 12.4. The van der Waals surface area contributed by atoms with Gasteiger partial charge in [0.2, 0.25) is 0 Å². The highest BCUT2D eigenvalue weighted by molar-refractivity contribution is 5.92. The Bertz CT molecular complexity index is 466. The Hall–Kier alpha value is -1.69. The van der Waals surface area contributed by atoms with Crippen molar-refractivity contribution in [3.8, 4) is 0 Å². The average Bonchev–Trinajstić information content (AvgIpc) is 2.52. The normalized spacial score (nSPS) is 16.1. The molecule has 22 heavy (non-hydrogen) atoms. The second kappa shape index (κ2) is 8.08. The molecule has 0 unspecified atom stereocenters.